The van der Waals surface area contributed by atoms with Gasteiger partial charge in [0.1, 0.15) is 0 Å². The fourth-order valence-electron chi connectivity index (χ4n) is 4.85. The van der Waals surface area contributed by atoms with Crippen molar-refractivity contribution in [3.05, 3.63) is 29.2 Å². The molecule has 146 valence electrons. The third kappa shape index (κ3) is 3.72. The summed E-state index contributed by atoms with van der Waals surface area (Å²) >= 11 is 0. The number of fused-ring (bicyclic) bond motifs is 1. The Morgan fingerprint density at radius 3 is 2.74 bits per heavy atom. The summed E-state index contributed by atoms with van der Waals surface area (Å²) in [6.07, 6.45) is 9.76. The summed E-state index contributed by atoms with van der Waals surface area (Å²) in [7, 11) is 4.14. The minimum Gasteiger partial charge on any atom is -0.334 e. The van der Waals surface area contributed by atoms with Crippen LogP contribution < -0.4 is 0 Å². The van der Waals surface area contributed by atoms with Crippen LogP contribution in [0.2, 0.25) is 0 Å². The van der Waals surface area contributed by atoms with E-state index in [1.165, 1.54) is 31.2 Å². The predicted octanol–water partition coefficient (Wildman–Crippen LogP) is 3.34. The second-order valence-corrected chi connectivity index (χ2v) is 8.56. The molecule has 3 heterocycles. The van der Waals surface area contributed by atoms with Gasteiger partial charge in [0, 0.05) is 37.3 Å². The van der Waals surface area contributed by atoms with Crippen molar-refractivity contribution in [2.24, 2.45) is 5.92 Å². The summed E-state index contributed by atoms with van der Waals surface area (Å²) < 4.78 is 1.99. The summed E-state index contributed by atoms with van der Waals surface area (Å²) in [6, 6.07) is 2.13. The van der Waals surface area contributed by atoms with E-state index in [1.54, 1.807) is 0 Å². The quantitative estimate of drug-likeness (QED) is 0.811. The number of hydrogen-bond acceptors (Lipinski definition) is 4. The molecule has 1 aliphatic heterocycles. The fourth-order valence-corrected chi connectivity index (χ4v) is 4.85. The Morgan fingerprint density at radius 1 is 1.22 bits per heavy atom. The predicted molar refractivity (Wildman–Crippen MR) is 105 cm³/mol. The maximum Gasteiger partial charge on any atom is 0.223 e. The van der Waals surface area contributed by atoms with Crippen molar-refractivity contribution >= 4 is 11.6 Å². The van der Waals surface area contributed by atoms with Crippen molar-refractivity contribution in [3.63, 3.8) is 0 Å². The van der Waals surface area contributed by atoms with Crippen molar-refractivity contribution in [2.75, 3.05) is 20.6 Å². The zero-order chi connectivity index (χ0) is 19.0. The number of likely N-dealkylation sites (tertiary alicyclic amines) is 1. The average Bonchev–Trinajstić information content (AvgIpc) is 3.33. The highest BCUT2D eigenvalue weighted by Gasteiger charge is 2.34. The van der Waals surface area contributed by atoms with E-state index in [9.17, 15) is 4.79 Å². The molecule has 0 spiro atoms. The van der Waals surface area contributed by atoms with Gasteiger partial charge >= 0.3 is 0 Å². The molecule has 2 fully saturated rings. The summed E-state index contributed by atoms with van der Waals surface area (Å²) in [6.45, 7) is 3.67. The van der Waals surface area contributed by atoms with Gasteiger partial charge in [-0.1, -0.05) is 12.8 Å². The van der Waals surface area contributed by atoms with Crippen molar-refractivity contribution < 1.29 is 4.79 Å². The minimum atomic E-state index is 0.110. The standard InChI is InChI=1S/C21H31N5O/c1-15-11-19-22-13-17(14-24(2)3)21(26(19)23-15)18-9-6-10-25(18)20(27)12-16-7-4-5-8-16/h11,13,16,18H,4-10,12,14H2,1-3H3/t18-/m0/s1. The molecule has 1 atom stereocenters. The van der Waals surface area contributed by atoms with Gasteiger partial charge in [0.05, 0.1) is 17.4 Å². The molecule has 6 nitrogen and oxygen atoms in total. The molecule has 0 unspecified atom stereocenters. The molecule has 2 aliphatic rings. The van der Waals surface area contributed by atoms with Gasteiger partial charge in [0.15, 0.2) is 5.65 Å². The molecule has 27 heavy (non-hydrogen) atoms. The summed E-state index contributed by atoms with van der Waals surface area (Å²) in [5, 5.41) is 4.72. The Morgan fingerprint density at radius 2 is 2.00 bits per heavy atom. The van der Waals surface area contributed by atoms with Crippen LogP contribution in [0.15, 0.2) is 12.3 Å². The molecule has 2 aromatic rings. The number of carbonyl (C=O) groups is 1. The smallest absolute Gasteiger partial charge is 0.223 e. The highest BCUT2D eigenvalue weighted by atomic mass is 16.2. The number of amides is 1. The molecular formula is C21H31N5O. The fraction of sp³-hybridized carbons (Fsp3) is 0.667. The Kier molecular flexibility index (Phi) is 5.17. The van der Waals surface area contributed by atoms with Crippen LogP contribution in [-0.4, -0.2) is 50.9 Å². The first-order valence-corrected chi connectivity index (χ1v) is 10.3. The lowest BCUT2D eigenvalue weighted by molar-refractivity contribution is -0.133. The molecule has 0 radical (unpaired) electrons. The topological polar surface area (TPSA) is 53.7 Å². The highest BCUT2D eigenvalue weighted by Crippen LogP contribution is 2.36. The molecule has 1 saturated heterocycles. The molecule has 0 bridgehead atoms. The number of carbonyl (C=O) groups excluding carboxylic acids is 1. The van der Waals surface area contributed by atoms with Crippen LogP contribution in [0, 0.1) is 12.8 Å². The molecule has 1 aliphatic carbocycles. The normalized spacial score (nSPS) is 21.0. The maximum atomic E-state index is 13.1. The van der Waals surface area contributed by atoms with E-state index in [4.69, 9.17) is 5.10 Å². The van der Waals surface area contributed by atoms with Crippen LogP contribution in [0.3, 0.4) is 0 Å². The van der Waals surface area contributed by atoms with Gasteiger partial charge in [-0.05, 0) is 52.6 Å². The van der Waals surface area contributed by atoms with Crippen LogP contribution in [0.5, 0.6) is 0 Å². The van der Waals surface area contributed by atoms with E-state index in [-0.39, 0.29) is 6.04 Å². The van der Waals surface area contributed by atoms with Crippen molar-refractivity contribution in [2.45, 2.75) is 64.5 Å². The van der Waals surface area contributed by atoms with Gasteiger partial charge in [-0.2, -0.15) is 5.10 Å². The molecule has 0 aromatic carbocycles. The van der Waals surface area contributed by atoms with Crippen LogP contribution in [-0.2, 0) is 11.3 Å². The highest BCUT2D eigenvalue weighted by molar-refractivity contribution is 5.77. The summed E-state index contributed by atoms with van der Waals surface area (Å²) in [5.74, 6) is 0.915. The van der Waals surface area contributed by atoms with Crippen LogP contribution in [0.4, 0.5) is 0 Å². The largest absolute Gasteiger partial charge is 0.334 e. The molecule has 1 saturated carbocycles. The number of aryl methyl sites for hydroxylation is 1. The number of hydrogen-bond donors (Lipinski definition) is 0. The monoisotopic (exact) mass is 369 g/mol. The van der Waals surface area contributed by atoms with E-state index in [1.807, 2.05) is 23.7 Å². The summed E-state index contributed by atoms with van der Waals surface area (Å²) in [4.78, 5) is 22.0. The van der Waals surface area contributed by atoms with Gasteiger partial charge in [0.25, 0.3) is 0 Å². The van der Waals surface area contributed by atoms with Gasteiger partial charge in [-0.25, -0.2) is 9.50 Å². The molecule has 0 N–H and O–H groups in total. The van der Waals surface area contributed by atoms with Crippen LogP contribution in [0.1, 0.15) is 67.9 Å². The Bertz CT molecular complexity index is 821. The second-order valence-electron chi connectivity index (χ2n) is 8.56. The Labute approximate surface area is 161 Å². The molecule has 1 amide bonds. The first kappa shape index (κ1) is 18.4. The second kappa shape index (κ2) is 7.58. The lowest BCUT2D eigenvalue weighted by Crippen LogP contribution is -2.33. The van der Waals surface area contributed by atoms with Gasteiger partial charge in [0.2, 0.25) is 5.91 Å². The van der Waals surface area contributed by atoms with E-state index >= 15 is 0 Å². The number of nitrogens with zero attached hydrogens (tertiary/aromatic N) is 5. The van der Waals surface area contributed by atoms with E-state index in [2.05, 4.69) is 28.9 Å². The minimum absolute atomic E-state index is 0.110. The van der Waals surface area contributed by atoms with Crippen molar-refractivity contribution in [1.82, 2.24) is 24.4 Å². The third-order valence-electron chi connectivity index (χ3n) is 6.04. The Hall–Kier alpha value is -1.95. The van der Waals surface area contributed by atoms with Crippen molar-refractivity contribution in [1.29, 1.82) is 0 Å². The lowest BCUT2D eigenvalue weighted by atomic mass is 10.0. The van der Waals surface area contributed by atoms with Gasteiger partial charge in [-0.15, -0.1) is 0 Å². The molecular weight excluding hydrogens is 338 g/mol. The third-order valence-corrected chi connectivity index (χ3v) is 6.04. The maximum absolute atomic E-state index is 13.1. The van der Waals surface area contributed by atoms with E-state index in [0.29, 0.717) is 18.2 Å². The first-order chi connectivity index (χ1) is 13.0. The lowest BCUT2D eigenvalue weighted by Gasteiger charge is -2.28. The van der Waals surface area contributed by atoms with E-state index < -0.39 is 0 Å². The van der Waals surface area contributed by atoms with E-state index in [0.717, 1.165) is 43.0 Å². The molecule has 2 aromatic heterocycles. The van der Waals surface area contributed by atoms with Crippen LogP contribution >= 0.6 is 0 Å². The summed E-state index contributed by atoms with van der Waals surface area (Å²) in [5.41, 5.74) is 4.16. The zero-order valence-electron chi connectivity index (χ0n) is 16.8. The first-order valence-electron chi connectivity index (χ1n) is 10.3. The van der Waals surface area contributed by atoms with Crippen LogP contribution in [0.25, 0.3) is 5.65 Å². The SMILES string of the molecule is Cc1cc2ncc(CN(C)C)c([C@@H]3CCCN3C(=O)CC3CCCC3)n2n1. The Balaban J connectivity index is 1.69. The van der Waals surface area contributed by atoms with Gasteiger partial charge in [-0.3, -0.25) is 4.79 Å². The zero-order valence-corrected chi connectivity index (χ0v) is 16.8. The molecule has 6 heteroatoms. The average molecular weight is 370 g/mol. The number of aromatic nitrogens is 3. The molecule has 4 rings (SSSR count). The van der Waals surface area contributed by atoms with Gasteiger partial charge < -0.3 is 9.80 Å². The van der Waals surface area contributed by atoms with Crippen molar-refractivity contribution in [3.8, 4) is 0 Å². The number of rotatable bonds is 5.